The Morgan fingerprint density at radius 1 is 1.36 bits per heavy atom. The summed E-state index contributed by atoms with van der Waals surface area (Å²) in [6.07, 6.45) is 2.16. The molecule has 0 bridgehead atoms. The second-order valence-electron chi connectivity index (χ2n) is 5.61. The minimum Gasteiger partial charge on any atom is -0.454 e. The minimum absolute atomic E-state index is 0.196. The lowest BCUT2D eigenvalue weighted by Crippen LogP contribution is -2.23. The number of hydrogen-bond donors (Lipinski definition) is 0. The molecule has 0 spiro atoms. The lowest BCUT2D eigenvalue weighted by molar-refractivity contribution is 0.174. The van der Waals surface area contributed by atoms with Crippen LogP contribution < -0.4 is 9.47 Å². The molecule has 116 valence electrons. The molecular weight excluding hydrogens is 306 g/mol. The van der Waals surface area contributed by atoms with Crippen LogP contribution in [0.25, 0.3) is 0 Å². The molecule has 1 fully saturated rings. The standard InChI is InChI=1S/C15H16ClN3O3/c1-9-17-15(18-22-9)12-3-2-4-19(12)7-10-5-11(16)14-13(6-10)20-8-21-14/h5-6,12H,2-4,7-8H2,1H3/t12-/m0/s1. The molecule has 2 aliphatic heterocycles. The molecule has 0 unspecified atom stereocenters. The first-order chi connectivity index (χ1) is 10.7. The van der Waals surface area contributed by atoms with E-state index in [1.54, 1.807) is 0 Å². The smallest absolute Gasteiger partial charge is 0.231 e. The summed E-state index contributed by atoms with van der Waals surface area (Å²) in [7, 11) is 0. The van der Waals surface area contributed by atoms with Crippen LogP contribution in [0, 0.1) is 6.92 Å². The molecule has 7 heteroatoms. The average molecular weight is 322 g/mol. The average Bonchev–Trinajstić information content (AvgIpc) is 3.19. The fraction of sp³-hybridized carbons (Fsp3) is 0.467. The van der Waals surface area contributed by atoms with Crippen LogP contribution in [0.2, 0.25) is 5.02 Å². The summed E-state index contributed by atoms with van der Waals surface area (Å²) in [5.74, 6) is 2.72. The highest BCUT2D eigenvalue weighted by Gasteiger charge is 2.30. The molecule has 1 aromatic carbocycles. The van der Waals surface area contributed by atoms with E-state index < -0.39 is 0 Å². The highest BCUT2D eigenvalue weighted by Crippen LogP contribution is 2.41. The predicted octanol–water partition coefficient (Wildman–Crippen LogP) is 3.10. The number of aryl methyl sites for hydroxylation is 1. The SMILES string of the molecule is Cc1nc([C@@H]2CCCN2Cc2cc(Cl)c3c(c2)OCO3)no1. The van der Waals surface area contributed by atoms with E-state index in [0.717, 1.165) is 37.3 Å². The topological polar surface area (TPSA) is 60.6 Å². The molecule has 4 rings (SSSR count). The third-order valence-corrected chi connectivity index (χ3v) is 4.36. The molecule has 0 saturated carbocycles. The summed E-state index contributed by atoms with van der Waals surface area (Å²) >= 11 is 6.25. The molecule has 1 aromatic heterocycles. The van der Waals surface area contributed by atoms with E-state index in [4.69, 9.17) is 25.6 Å². The molecule has 1 saturated heterocycles. The second kappa shape index (κ2) is 5.44. The molecule has 0 aliphatic carbocycles. The summed E-state index contributed by atoms with van der Waals surface area (Å²) in [6, 6.07) is 4.12. The van der Waals surface area contributed by atoms with Gasteiger partial charge in [0, 0.05) is 13.5 Å². The molecular formula is C15H16ClN3O3. The van der Waals surface area contributed by atoms with Crippen LogP contribution in [0.15, 0.2) is 16.7 Å². The van der Waals surface area contributed by atoms with Crippen molar-refractivity contribution in [2.45, 2.75) is 32.4 Å². The monoisotopic (exact) mass is 321 g/mol. The Morgan fingerprint density at radius 3 is 3.09 bits per heavy atom. The second-order valence-corrected chi connectivity index (χ2v) is 6.02. The largest absolute Gasteiger partial charge is 0.454 e. The van der Waals surface area contributed by atoms with E-state index in [9.17, 15) is 0 Å². The Bertz CT molecular complexity index is 703. The van der Waals surface area contributed by atoms with Gasteiger partial charge < -0.3 is 14.0 Å². The first kappa shape index (κ1) is 13.8. The fourth-order valence-corrected chi connectivity index (χ4v) is 3.39. The van der Waals surface area contributed by atoms with Gasteiger partial charge in [-0.25, -0.2) is 0 Å². The third-order valence-electron chi connectivity index (χ3n) is 4.08. The van der Waals surface area contributed by atoms with Crippen LogP contribution in [-0.4, -0.2) is 28.4 Å². The number of benzene rings is 1. The van der Waals surface area contributed by atoms with Crippen LogP contribution in [-0.2, 0) is 6.54 Å². The highest BCUT2D eigenvalue weighted by atomic mass is 35.5. The van der Waals surface area contributed by atoms with Gasteiger partial charge in [0.25, 0.3) is 0 Å². The molecule has 2 aliphatic rings. The number of halogens is 1. The summed E-state index contributed by atoms with van der Waals surface area (Å²) in [5, 5.41) is 4.66. The van der Waals surface area contributed by atoms with Crippen molar-refractivity contribution in [3.63, 3.8) is 0 Å². The van der Waals surface area contributed by atoms with Gasteiger partial charge in [0.1, 0.15) is 0 Å². The van der Waals surface area contributed by atoms with E-state index in [1.165, 1.54) is 0 Å². The van der Waals surface area contributed by atoms with Crippen molar-refractivity contribution >= 4 is 11.6 Å². The Kier molecular flexibility index (Phi) is 3.43. The van der Waals surface area contributed by atoms with Gasteiger partial charge in [-0.3, -0.25) is 4.90 Å². The number of hydrogen-bond acceptors (Lipinski definition) is 6. The Labute approximate surface area is 133 Å². The van der Waals surface area contributed by atoms with Crippen molar-refractivity contribution in [2.75, 3.05) is 13.3 Å². The van der Waals surface area contributed by atoms with Crippen LogP contribution in [0.4, 0.5) is 0 Å². The molecule has 0 N–H and O–H groups in total. The molecule has 1 atom stereocenters. The van der Waals surface area contributed by atoms with E-state index in [0.29, 0.717) is 22.4 Å². The van der Waals surface area contributed by atoms with Crippen LogP contribution in [0.3, 0.4) is 0 Å². The predicted molar refractivity (Wildman–Crippen MR) is 79.0 cm³/mol. The number of likely N-dealkylation sites (tertiary alicyclic amines) is 1. The summed E-state index contributed by atoms with van der Waals surface area (Å²) < 4.78 is 15.9. The fourth-order valence-electron chi connectivity index (χ4n) is 3.10. The summed E-state index contributed by atoms with van der Waals surface area (Å²) in [6.45, 7) is 3.82. The zero-order valence-corrected chi connectivity index (χ0v) is 13.0. The lowest BCUT2D eigenvalue weighted by Gasteiger charge is -2.22. The van der Waals surface area contributed by atoms with Gasteiger partial charge >= 0.3 is 0 Å². The van der Waals surface area contributed by atoms with Gasteiger partial charge in [0.05, 0.1) is 11.1 Å². The van der Waals surface area contributed by atoms with Crippen LogP contribution in [0.5, 0.6) is 11.5 Å². The first-order valence-corrected chi connectivity index (χ1v) is 7.71. The van der Waals surface area contributed by atoms with Crippen molar-refractivity contribution in [1.82, 2.24) is 15.0 Å². The zero-order chi connectivity index (χ0) is 15.1. The Morgan fingerprint density at radius 2 is 2.27 bits per heavy atom. The van der Waals surface area contributed by atoms with Gasteiger partial charge in [-0.05, 0) is 37.1 Å². The van der Waals surface area contributed by atoms with Gasteiger partial charge in [-0.2, -0.15) is 4.98 Å². The van der Waals surface area contributed by atoms with Crippen molar-refractivity contribution in [1.29, 1.82) is 0 Å². The number of fused-ring (bicyclic) bond motifs is 1. The van der Waals surface area contributed by atoms with Crippen molar-refractivity contribution in [2.24, 2.45) is 0 Å². The zero-order valence-electron chi connectivity index (χ0n) is 12.2. The van der Waals surface area contributed by atoms with Crippen LogP contribution >= 0.6 is 11.6 Å². The summed E-state index contributed by atoms with van der Waals surface area (Å²) in [5.41, 5.74) is 1.10. The number of aromatic nitrogens is 2. The molecule has 2 aromatic rings. The number of rotatable bonds is 3. The van der Waals surface area contributed by atoms with Gasteiger partial charge in [-0.15, -0.1) is 0 Å². The van der Waals surface area contributed by atoms with Crippen molar-refractivity contribution < 1.29 is 14.0 Å². The molecule has 6 nitrogen and oxygen atoms in total. The maximum Gasteiger partial charge on any atom is 0.231 e. The van der Waals surface area contributed by atoms with E-state index >= 15 is 0 Å². The molecule has 3 heterocycles. The van der Waals surface area contributed by atoms with Crippen molar-refractivity contribution in [3.05, 3.63) is 34.4 Å². The Balaban J connectivity index is 1.56. The maximum absolute atomic E-state index is 6.25. The number of nitrogens with zero attached hydrogens (tertiary/aromatic N) is 3. The molecule has 0 radical (unpaired) electrons. The van der Waals surface area contributed by atoms with Gasteiger partial charge in [-0.1, -0.05) is 16.8 Å². The van der Waals surface area contributed by atoms with Crippen LogP contribution in [0.1, 0.15) is 36.2 Å². The normalized spacial score (nSPS) is 20.7. The van der Waals surface area contributed by atoms with E-state index in [-0.39, 0.29) is 12.8 Å². The Hall–Kier alpha value is -1.79. The third kappa shape index (κ3) is 2.42. The van der Waals surface area contributed by atoms with E-state index in [2.05, 4.69) is 15.0 Å². The quantitative estimate of drug-likeness (QED) is 0.865. The molecule has 22 heavy (non-hydrogen) atoms. The van der Waals surface area contributed by atoms with E-state index in [1.807, 2.05) is 19.1 Å². The minimum atomic E-state index is 0.196. The van der Waals surface area contributed by atoms with Gasteiger partial charge in [0.15, 0.2) is 17.3 Å². The molecule has 0 amide bonds. The maximum atomic E-state index is 6.25. The summed E-state index contributed by atoms with van der Waals surface area (Å²) in [4.78, 5) is 6.72. The number of ether oxygens (including phenoxy) is 2. The lowest BCUT2D eigenvalue weighted by atomic mass is 10.1. The van der Waals surface area contributed by atoms with Gasteiger partial charge in [0.2, 0.25) is 12.7 Å². The highest BCUT2D eigenvalue weighted by molar-refractivity contribution is 6.32. The van der Waals surface area contributed by atoms with Crippen molar-refractivity contribution in [3.8, 4) is 11.5 Å². The first-order valence-electron chi connectivity index (χ1n) is 7.33.